The average molecular weight is 289 g/mol. The molecule has 0 heterocycles. The summed E-state index contributed by atoms with van der Waals surface area (Å²) in [6, 6.07) is 9.20. The molecule has 0 aliphatic carbocycles. The standard InChI is InChI=1S/C14H9F2N3O2/c15-11-5-9(7-17)1-3-13(11)18-8-10-2-4-14(19(20)21)12(16)6-10/h1-6,18H,8H2. The molecule has 0 aliphatic rings. The van der Waals surface area contributed by atoms with Crippen LogP contribution >= 0.6 is 0 Å². The fourth-order valence-electron chi connectivity index (χ4n) is 1.73. The largest absolute Gasteiger partial charge is 0.379 e. The van der Waals surface area contributed by atoms with Gasteiger partial charge in [-0.3, -0.25) is 10.1 Å². The van der Waals surface area contributed by atoms with Crippen LogP contribution in [0.25, 0.3) is 0 Å². The number of nitrogens with one attached hydrogen (secondary N) is 1. The molecule has 0 unspecified atom stereocenters. The second kappa shape index (κ2) is 5.96. The van der Waals surface area contributed by atoms with Crippen LogP contribution in [-0.2, 0) is 6.54 Å². The summed E-state index contributed by atoms with van der Waals surface area (Å²) in [6.07, 6.45) is 0. The summed E-state index contributed by atoms with van der Waals surface area (Å²) in [5.41, 5.74) is 0.178. The van der Waals surface area contributed by atoms with E-state index >= 15 is 0 Å². The minimum Gasteiger partial charge on any atom is -0.379 e. The minimum absolute atomic E-state index is 0.0950. The van der Waals surface area contributed by atoms with Crippen LogP contribution in [0.1, 0.15) is 11.1 Å². The van der Waals surface area contributed by atoms with Gasteiger partial charge in [0.05, 0.1) is 22.2 Å². The van der Waals surface area contributed by atoms with Crippen molar-refractivity contribution >= 4 is 11.4 Å². The summed E-state index contributed by atoms with van der Waals surface area (Å²) >= 11 is 0. The number of nitro benzene ring substituents is 1. The number of halogens is 2. The van der Waals surface area contributed by atoms with Crippen LogP contribution in [-0.4, -0.2) is 4.92 Å². The molecule has 2 aromatic carbocycles. The lowest BCUT2D eigenvalue weighted by atomic mass is 10.1. The Morgan fingerprint density at radius 3 is 2.52 bits per heavy atom. The SMILES string of the molecule is N#Cc1ccc(NCc2ccc([N+](=O)[O-])c(F)c2)c(F)c1. The Kier molecular flexibility index (Phi) is 4.09. The molecule has 0 aromatic heterocycles. The number of nitriles is 1. The zero-order valence-electron chi connectivity index (χ0n) is 10.6. The minimum atomic E-state index is -0.945. The molecule has 2 rings (SSSR count). The molecule has 1 N–H and O–H groups in total. The number of anilines is 1. The Morgan fingerprint density at radius 2 is 1.95 bits per heavy atom. The number of benzene rings is 2. The summed E-state index contributed by atoms with van der Waals surface area (Å²) in [5.74, 6) is -1.55. The van der Waals surface area contributed by atoms with Gasteiger partial charge in [0.2, 0.25) is 5.82 Å². The molecule has 0 fully saturated rings. The van der Waals surface area contributed by atoms with Gasteiger partial charge in [-0.2, -0.15) is 9.65 Å². The second-order valence-corrected chi connectivity index (χ2v) is 4.20. The average Bonchev–Trinajstić information content (AvgIpc) is 2.45. The van der Waals surface area contributed by atoms with Gasteiger partial charge in [-0.15, -0.1) is 0 Å². The van der Waals surface area contributed by atoms with Crippen LogP contribution in [0.15, 0.2) is 36.4 Å². The summed E-state index contributed by atoms with van der Waals surface area (Å²) in [6.45, 7) is 0.0950. The van der Waals surface area contributed by atoms with E-state index in [0.29, 0.717) is 5.56 Å². The maximum Gasteiger partial charge on any atom is 0.304 e. The van der Waals surface area contributed by atoms with Crippen LogP contribution < -0.4 is 5.32 Å². The molecule has 7 heteroatoms. The number of hydrogen-bond donors (Lipinski definition) is 1. The molecule has 0 aliphatic heterocycles. The van der Waals surface area contributed by atoms with E-state index in [0.717, 1.165) is 18.2 Å². The van der Waals surface area contributed by atoms with E-state index < -0.39 is 22.2 Å². The topological polar surface area (TPSA) is 79.0 Å². The Morgan fingerprint density at radius 1 is 1.19 bits per heavy atom. The van der Waals surface area contributed by atoms with Crippen molar-refractivity contribution in [3.05, 3.63) is 69.3 Å². The highest BCUT2D eigenvalue weighted by atomic mass is 19.1. The third-order valence-corrected chi connectivity index (χ3v) is 2.79. The molecule has 0 saturated carbocycles. The quantitative estimate of drug-likeness (QED) is 0.691. The predicted octanol–water partition coefficient (Wildman–Crippen LogP) is 3.36. The molecular formula is C14H9F2N3O2. The van der Waals surface area contributed by atoms with Gasteiger partial charge < -0.3 is 5.32 Å². The monoisotopic (exact) mass is 289 g/mol. The van der Waals surface area contributed by atoms with Gasteiger partial charge >= 0.3 is 5.69 Å². The number of rotatable bonds is 4. The molecule has 0 atom stereocenters. The van der Waals surface area contributed by atoms with Crippen LogP contribution in [0.2, 0.25) is 0 Å². The van der Waals surface area contributed by atoms with Gasteiger partial charge in [0.15, 0.2) is 0 Å². The molecule has 106 valence electrons. The van der Waals surface area contributed by atoms with Crippen molar-refractivity contribution in [3.63, 3.8) is 0 Å². The molecular weight excluding hydrogens is 280 g/mol. The molecule has 0 bridgehead atoms. The van der Waals surface area contributed by atoms with Crippen LogP contribution in [0.5, 0.6) is 0 Å². The Labute approximate surface area is 118 Å². The molecule has 0 spiro atoms. The predicted molar refractivity (Wildman–Crippen MR) is 71.5 cm³/mol. The number of nitrogens with zero attached hydrogens (tertiary/aromatic N) is 2. The van der Waals surface area contributed by atoms with Gasteiger partial charge in [0, 0.05) is 12.6 Å². The fraction of sp³-hybridized carbons (Fsp3) is 0.0714. The van der Waals surface area contributed by atoms with Gasteiger partial charge in [0.25, 0.3) is 0 Å². The highest BCUT2D eigenvalue weighted by Crippen LogP contribution is 2.20. The molecule has 0 amide bonds. The van der Waals surface area contributed by atoms with E-state index in [2.05, 4.69) is 5.32 Å². The van der Waals surface area contributed by atoms with Crippen molar-refractivity contribution in [1.29, 1.82) is 5.26 Å². The van der Waals surface area contributed by atoms with E-state index in [1.165, 1.54) is 18.2 Å². The Balaban J connectivity index is 2.12. The van der Waals surface area contributed by atoms with E-state index in [1.807, 2.05) is 6.07 Å². The van der Waals surface area contributed by atoms with Crippen molar-refractivity contribution in [2.75, 3.05) is 5.32 Å². The first-order chi connectivity index (χ1) is 10.0. The number of hydrogen-bond acceptors (Lipinski definition) is 4. The maximum absolute atomic E-state index is 13.6. The van der Waals surface area contributed by atoms with E-state index in [9.17, 15) is 18.9 Å². The number of nitro groups is 1. The van der Waals surface area contributed by atoms with Crippen molar-refractivity contribution in [2.24, 2.45) is 0 Å². The maximum atomic E-state index is 13.6. The molecule has 2 aromatic rings. The van der Waals surface area contributed by atoms with Gasteiger partial charge in [-0.1, -0.05) is 6.07 Å². The van der Waals surface area contributed by atoms with Crippen LogP contribution in [0.3, 0.4) is 0 Å². The van der Waals surface area contributed by atoms with Gasteiger partial charge in [-0.25, -0.2) is 4.39 Å². The summed E-state index contributed by atoms with van der Waals surface area (Å²) in [7, 11) is 0. The molecule has 0 saturated heterocycles. The van der Waals surface area contributed by atoms with Gasteiger partial charge in [-0.05, 0) is 29.8 Å². The normalized spacial score (nSPS) is 9.95. The lowest BCUT2D eigenvalue weighted by Crippen LogP contribution is -2.03. The van der Waals surface area contributed by atoms with Crippen molar-refractivity contribution in [3.8, 4) is 6.07 Å². The first kappa shape index (κ1) is 14.4. The molecule has 0 radical (unpaired) electrons. The fourth-order valence-corrected chi connectivity index (χ4v) is 1.73. The second-order valence-electron chi connectivity index (χ2n) is 4.20. The summed E-state index contributed by atoms with van der Waals surface area (Å²) < 4.78 is 27.0. The van der Waals surface area contributed by atoms with Crippen molar-refractivity contribution < 1.29 is 13.7 Å². The highest BCUT2D eigenvalue weighted by Gasteiger charge is 2.13. The Bertz CT molecular complexity index is 741. The van der Waals surface area contributed by atoms with Crippen LogP contribution in [0, 0.1) is 33.1 Å². The highest BCUT2D eigenvalue weighted by molar-refractivity contribution is 5.49. The first-order valence-electron chi connectivity index (χ1n) is 5.87. The smallest absolute Gasteiger partial charge is 0.304 e. The van der Waals surface area contributed by atoms with Gasteiger partial charge in [0.1, 0.15) is 5.82 Å². The first-order valence-corrected chi connectivity index (χ1v) is 5.87. The van der Waals surface area contributed by atoms with Crippen molar-refractivity contribution in [1.82, 2.24) is 0 Å². The lowest BCUT2D eigenvalue weighted by molar-refractivity contribution is -0.387. The molecule has 21 heavy (non-hydrogen) atoms. The Hall–Kier alpha value is -3.01. The van der Waals surface area contributed by atoms with E-state index in [1.54, 1.807) is 0 Å². The zero-order chi connectivity index (χ0) is 15.4. The van der Waals surface area contributed by atoms with Crippen molar-refractivity contribution in [2.45, 2.75) is 6.54 Å². The summed E-state index contributed by atoms with van der Waals surface area (Å²) in [5, 5.41) is 21.9. The van der Waals surface area contributed by atoms with E-state index in [4.69, 9.17) is 5.26 Å². The third kappa shape index (κ3) is 3.30. The molecule has 5 nitrogen and oxygen atoms in total. The summed E-state index contributed by atoms with van der Waals surface area (Å²) in [4.78, 5) is 9.68. The third-order valence-electron chi connectivity index (χ3n) is 2.79. The lowest BCUT2D eigenvalue weighted by Gasteiger charge is -2.08. The van der Waals surface area contributed by atoms with Crippen LogP contribution in [0.4, 0.5) is 20.2 Å². The van der Waals surface area contributed by atoms with E-state index in [-0.39, 0.29) is 17.8 Å². The zero-order valence-corrected chi connectivity index (χ0v) is 10.6.